The zero-order valence-corrected chi connectivity index (χ0v) is 43.7. The van der Waals surface area contributed by atoms with Gasteiger partial charge in [0.25, 0.3) is 0 Å². The molecule has 0 bridgehead atoms. The maximum atomic E-state index is 12.5. The van der Waals surface area contributed by atoms with E-state index in [2.05, 4.69) is 31.3 Å². The van der Waals surface area contributed by atoms with Gasteiger partial charge in [-0.1, -0.05) is 276 Å². The number of rotatable bonds is 54. The summed E-state index contributed by atoms with van der Waals surface area (Å²) in [6, 6.07) is -0.666. The maximum absolute atomic E-state index is 12.5. The molecule has 0 aromatic carbocycles. The lowest BCUT2D eigenvalue weighted by Crippen LogP contribution is -2.45. The molecule has 6 nitrogen and oxygen atoms in total. The van der Waals surface area contributed by atoms with Crippen molar-refractivity contribution in [2.24, 2.45) is 0 Å². The molecule has 2 atom stereocenters. The molecule has 2 unspecified atom stereocenters. The van der Waals surface area contributed by atoms with Crippen LogP contribution in [0.1, 0.15) is 316 Å². The summed E-state index contributed by atoms with van der Waals surface area (Å²) >= 11 is 0. The molecule has 0 radical (unpaired) electrons. The molecule has 0 fully saturated rings. The fraction of sp³-hybridized carbons (Fsp3) is 0.898. The van der Waals surface area contributed by atoms with Crippen molar-refractivity contribution in [1.29, 1.82) is 0 Å². The number of aliphatic hydroxyl groups is 2. The molecule has 3 N–H and O–H groups in total. The van der Waals surface area contributed by atoms with Gasteiger partial charge in [-0.15, -0.1) is 0 Å². The Labute approximate surface area is 405 Å². The largest absolute Gasteiger partial charge is 0.466 e. The van der Waals surface area contributed by atoms with Gasteiger partial charge in [0.15, 0.2) is 0 Å². The van der Waals surface area contributed by atoms with E-state index in [1.807, 2.05) is 6.08 Å². The first-order chi connectivity index (χ1) is 32.0. The van der Waals surface area contributed by atoms with E-state index in [-0.39, 0.29) is 18.5 Å². The summed E-state index contributed by atoms with van der Waals surface area (Å²) in [6.45, 7) is 4.84. The van der Waals surface area contributed by atoms with Crippen LogP contribution in [0.2, 0.25) is 0 Å². The lowest BCUT2D eigenvalue weighted by molar-refractivity contribution is -0.143. The van der Waals surface area contributed by atoms with Gasteiger partial charge in [0.05, 0.1) is 25.4 Å². The highest BCUT2D eigenvalue weighted by Crippen LogP contribution is 2.17. The first kappa shape index (κ1) is 63.3. The minimum atomic E-state index is -0.876. The second-order valence-electron chi connectivity index (χ2n) is 20.0. The highest BCUT2D eigenvalue weighted by Gasteiger charge is 2.18. The van der Waals surface area contributed by atoms with Crippen molar-refractivity contribution in [3.63, 3.8) is 0 Å². The number of esters is 1. The van der Waals surface area contributed by atoms with Gasteiger partial charge in [-0.3, -0.25) is 9.59 Å². The predicted octanol–water partition coefficient (Wildman–Crippen LogP) is 17.9. The number of aliphatic hydroxyl groups excluding tert-OH is 2. The third kappa shape index (κ3) is 51.6. The van der Waals surface area contributed by atoms with Crippen LogP contribution in [0.4, 0.5) is 0 Å². The first-order valence-corrected chi connectivity index (χ1v) is 29.1. The second-order valence-corrected chi connectivity index (χ2v) is 20.0. The molecular weight excluding hydrogens is 803 g/mol. The van der Waals surface area contributed by atoms with Gasteiger partial charge >= 0.3 is 5.97 Å². The standard InChI is InChI=1S/C59H113NO5/c1-3-5-7-9-11-13-15-17-19-21-22-23-24-25-27-28-30-32-35-39-43-47-51-57(62)56(55-61)60-58(63)52-48-44-40-36-34-38-42-46-50-54-65-59(64)53-49-45-41-37-33-31-29-26-20-18-16-14-12-10-8-6-4-2/h36,40,47,51,56-57,61-62H,3-35,37-39,41-46,48-50,52-55H2,1-2H3,(H,60,63)/b40-36-,51-47+. The van der Waals surface area contributed by atoms with Crippen LogP contribution in [0.15, 0.2) is 24.3 Å². The third-order valence-corrected chi connectivity index (χ3v) is 13.5. The van der Waals surface area contributed by atoms with Crippen molar-refractivity contribution < 1.29 is 24.5 Å². The van der Waals surface area contributed by atoms with Gasteiger partial charge in [0, 0.05) is 12.8 Å². The first-order valence-electron chi connectivity index (χ1n) is 29.1. The van der Waals surface area contributed by atoms with Crippen molar-refractivity contribution in [3.05, 3.63) is 24.3 Å². The van der Waals surface area contributed by atoms with Gasteiger partial charge in [-0.05, 0) is 51.4 Å². The van der Waals surface area contributed by atoms with Gasteiger partial charge in [-0.25, -0.2) is 0 Å². The Balaban J connectivity index is 3.54. The molecule has 65 heavy (non-hydrogen) atoms. The Morgan fingerprint density at radius 2 is 0.738 bits per heavy atom. The molecule has 1 amide bonds. The number of carbonyl (C=O) groups excluding carboxylic acids is 2. The predicted molar refractivity (Wildman–Crippen MR) is 283 cm³/mol. The van der Waals surface area contributed by atoms with Crippen LogP contribution in [-0.2, 0) is 14.3 Å². The number of ether oxygens (including phenoxy) is 1. The van der Waals surface area contributed by atoms with Crippen LogP contribution in [-0.4, -0.2) is 47.4 Å². The van der Waals surface area contributed by atoms with Gasteiger partial charge < -0.3 is 20.3 Å². The van der Waals surface area contributed by atoms with E-state index in [4.69, 9.17) is 4.74 Å². The summed E-state index contributed by atoms with van der Waals surface area (Å²) in [4.78, 5) is 24.5. The summed E-state index contributed by atoms with van der Waals surface area (Å²) in [5, 5.41) is 23.1. The van der Waals surface area contributed by atoms with Crippen molar-refractivity contribution in [2.45, 2.75) is 328 Å². The van der Waals surface area contributed by atoms with Gasteiger partial charge in [0.2, 0.25) is 5.91 Å². The molecule has 0 aliphatic carbocycles. The normalized spacial score (nSPS) is 12.7. The van der Waals surface area contributed by atoms with E-state index in [0.717, 1.165) is 70.6 Å². The SMILES string of the molecule is CCCCCCCCCCCCCCCCCCCCCC/C=C/C(O)C(CO)NC(=O)CCC/C=C\CCCCCCOC(=O)CCCCCCCCCCCCCCCCCCC. The smallest absolute Gasteiger partial charge is 0.305 e. The molecular formula is C59H113NO5. The number of amides is 1. The van der Waals surface area contributed by atoms with Crippen molar-refractivity contribution >= 4 is 11.9 Å². The number of hydrogen-bond acceptors (Lipinski definition) is 5. The quantitative estimate of drug-likeness (QED) is 0.0321. The van der Waals surface area contributed by atoms with E-state index < -0.39 is 12.1 Å². The van der Waals surface area contributed by atoms with Crippen LogP contribution < -0.4 is 5.32 Å². The fourth-order valence-electron chi connectivity index (χ4n) is 8.99. The lowest BCUT2D eigenvalue weighted by atomic mass is 10.0. The van der Waals surface area contributed by atoms with E-state index >= 15 is 0 Å². The van der Waals surface area contributed by atoms with Crippen LogP contribution in [0.25, 0.3) is 0 Å². The number of allylic oxidation sites excluding steroid dienone is 3. The van der Waals surface area contributed by atoms with E-state index in [1.165, 1.54) is 218 Å². The van der Waals surface area contributed by atoms with Crippen molar-refractivity contribution in [2.75, 3.05) is 13.2 Å². The lowest BCUT2D eigenvalue weighted by Gasteiger charge is -2.19. The van der Waals surface area contributed by atoms with Crippen LogP contribution in [0.3, 0.4) is 0 Å². The minimum absolute atomic E-state index is 0.0334. The molecule has 6 heteroatoms. The average Bonchev–Trinajstić information content (AvgIpc) is 3.31. The number of nitrogens with one attached hydrogen (secondary N) is 1. The molecule has 0 saturated heterocycles. The Hall–Kier alpha value is -1.66. The molecule has 0 aromatic heterocycles. The summed E-state index contributed by atoms with van der Waals surface area (Å²) in [6.07, 6.45) is 66.4. The molecule has 0 rings (SSSR count). The number of unbranched alkanes of at least 4 members (excludes halogenated alkanes) is 41. The van der Waals surface area contributed by atoms with Crippen molar-refractivity contribution in [3.8, 4) is 0 Å². The zero-order valence-electron chi connectivity index (χ0n) is 43.7. The maximum Gasteiger partial charge on any atom is 0.305 e. The molecule has 0 saturated carbocycles. The molecule has 0 spiro atoms. The van der Waals surface area contributed by atoms with Crippen LogP contribution >= 0.6 is 0 Å². The van der Waals surface area contributed by atoms with E-state index in [1.54, 1.807) is 6.08 Å². The van der Waals surface area contributed by atoms with Crippen LogP contribution in [0.5, 0.6) is 0 Å². The molecule has 0 aliphatic heterocycles. The second kappa shape index (κ2) is 54.9. The number of hydrogen-bond donors (Lipinski definition) is 3. The molecule has 0 aliphatic rings. The number of carbonyl (C=O) groups is 2. The highest BCUT2D eigenvalue weighted by atomic mass is 16.5. The Morgan fingerprint density at radius 1 is 0.415 bits per heavy atom. The Bertz CT molecular complexity index is 1010. The van der Waals surface area contributed by atoms with Gasteiger partial charge in [-0.2, -0.15) is 0 Å². The summed E-state index contributed by atoms with van der Waals surface area (Å²) < 4.78 is 5.46. The van der Waals surface area contributed by atoms with Gasteiger partial charge in [0.1, 0.15) is 0 Å². The Morgan fingerprint density at radius 3 is 1.12 bits per heavy atom. The average molecular weight is 917 g/mol. The van der Waals surface area contributed by atoms with E-state index in [0.29, 0.717) is 19.4 Å². The zero-order chi connectivity index (χ0) is 47.2. The minimum Gasteiger partial charge on any atom is -0.466 e. The summed E-state index contributed by atoms with van der Waals surface area (Å²) in [7, 11) is 0. The Kier molecular flexibility index (Phi) is 53.5. The highest BCUT2D eigenvalue weighted by molar-refractivity contribution is 5.76. The molecule has 384 valence electrons. The topological polar surface area (TPSA) is 95.9 Å². The third-order valence-electron chi connectivity index (χ3n) is 13.5. The van der Waals surface area contributed by atoms with E-state index in [9.17, 15) is 19.8 Å². The fourth-order valence-corrected chi connectivity index (χ4v) is 8.99. The van der Waals surface area contributed by atoms with Crippen molar-refractivity contribution in [1.82, 2.24) is 5.32 Å². The summed E-state index contributed by atoms with van der Waals surface area (Å²) in [5.74, 6) is -0.159. The molecule has 0 aromatic rings. The summed E-state index contributed by atoms with van der Waals surface area (Å²) in [5.41, 5.74) is 0. The monoisotopic (exact) mass is 916 g/mol. The van der Waals surface area contributed by atoms with Crippen LogP contribution in [0, 0.1) is 0 Å². The molecule has 0 heterocycles.